The molecule has 0 saturated heterocycles. The molecule has 2 rings (SSSR count). The average Bonchev–Trinajstić information content (AvgIpc) is 2.55. The lowest BCUT2D eigenvalue weighted by atomic mass is 10.0. The number of ether oxygens (including phenoxy) is 1. The van der Waals surface area contributed by atoms with Crippen LogP contribution in [0.3, 0.4) is 0 Å². The Labute approximate surface area is 135 Å². The normalized spacial score (nSPS) is 11.4. The number of nitriles is 1. The Kier molecular flexibility index (Phi) is 5.08. The molecule has 0 aliphatic heterocycles. The molecule has 0 unspecified atom stereocenters. The fraction of sp³-hybridized carbons (Fsp3) is 0.167. The van der Waals surface area contributed by atoms with Crippen molar-refractivity contribution >= 4 is 23.4 Å². The van der Waals surface area contributed by atoms with Crippen LogP contribution in [-0.2, 0) is 0 Å². The lowest BCUT2D eigenvalue weighted by molar-refractivity contribution is 0.408. The van der Waals surface area contributed by atoms with E-state index in [2.05, 4.69) is 18.0 Å². The Morgan fingerprint density at radius 2 is 2.09 bits per heavy atom. The number of nitrogens with one attached hydrogen (secondary N) is 1. The first-order valence-corrected chi connectivity index (χ1v) is 7.23. The molecule has 0 amide bonds. The number of hydrogen-bond donors (Lipinski definition) is 1. The Bertz CT molecular complexity index is 734. The maximum absolute atomic E-state index is 8.88. The summed E-state index contributed by atoms with van der Waals surface area (Å²) >= 11 is 6.21. The third kappa shape index (κ3) is 3.41. The van der Waals surface area contributed by atoms with E-state index in [0.717, 1.165) is 22.6 Å². The molecule has 0 aliphatic rings. The van der Waals surface area contributed by atoms with E-state index in [1.54, 1.807) is 31.4 Å². The number of rotatable bonds is 5. The van der Waals surface area contributed by atoms with Crippen LogP contribution in [0.2, 0.25) is 5.02 Å². The van der Waals surface area contributed by atoms with Crippen molar-refractivity contribution in [3.05, 3.63) is 64.7 Å². The van der Waals surface area contributed by atoms with Gasteiger partial charge in [0.2, 0.25) is 0 Å². The van der Waals surface area contributed by atoms with Gasteiger partial charge in [-0.1, -0.05) is 30.3 Å². The number of benzene rings is 2. The van der Waals surface area contributed by atoms with Gasteiger partial charge in [-0.15, -0.1) is 0 Å². The van der Waals surface area contributed by atoms with E-state index in [-0.39, 0.29) is 6.04 Å². The quantitative estimate of drug-likeness (QED) is 0.841. The fourth-order valence-corrected chi connectivity index (χ4v) is 2.47. The Balaban J connectivity index is 2.31. The maximum Gasteiger partial charge on any atom is 0.124 e. The number of anilines is 1. The predicted octanol–water partition coefficient (Wildman–Crippen LogP) is 5.04. The van der Waals surface area contributed by atoms with Crippen LogP contribution in [0.15, 0.2) is 43.0 Å². The first-order chi connectivity index (χ1) is 10.6. The molecule has 4 heteroatoms. The van der Waals surface area contributed by atoms with Crippen molar-refractivity contribution in [2.24, 2.45) is 0 Å². The highest BCUT2D eigenvalue weighted by molar-refractivity contribution is 6.33. The highest BCUT2D eigenvalue weighted by Crippen LogP contribution is 2.31. The number of nitrogens with zero attached hydrogens (tertiary/aromatic N) is 1. The summed E-state index contributed by atoms with van der Waals surface area (Å²) in [6, 6.07) is 13.1. The summed E-state index contributed by atoms with van der Waals surface area (Å²) in [6.45, 7) is 5.82. The molecule has 0 bridgehead atoms. The van der Waals surface area contributed by atoms with Crippen molar-refractivity contribution < 1.29 is 4.74 Å². The minimum absolute atomic E-state index is 0.0136. The van der Waals surface area contributed by atoms with Gasteiger partial charge in [0.1, 0.15) is 5.75 Å². The molecule has 2 aromatic rings. The summed E-state index contributed by atoms with van der Waals surface area (Å²) in [4.78, 5) is 0. The van der Waals surface area contributed by atoms with Gasteiger partial charge in [-0.25, -0.2) is 0 Å². The second kappa shape index (κ2) is 7.02. The number of halogens is 1. The molecule has 0 heterocycles. The first kappa shape index (κ1) is 15.9. The molecule has 0 aromatic heterocycles. The summed E-state index contributed by atoms with van der Waals surface area (Å²) in [6.07, 6.45) is 1.80. The largest absolute Gasteiger partial charge is 0.496 e. The fourth-order valence-electron chi connectivity index (χ4n) is 2.23. The second-order valence-electron chi connectivity index (χ2n) is 4.88. The summed E-state index contributed by atoms with van der Waals surface area (Å²) in [5.74, 6) is 0.801. The maximum atomic E-state index is 8.88. The third-order valence-electron chi connectivity index (χ3n) is 3.43. The molecule has 1 N–H and O–H groups in total. The van der Waals surface area contributed by atoms with Gasteiger partial charge in [-0.05, 0) is 42.8 Å². The van der Waals surface area contributed by atoms with E-state index in [9.17, 15) is 0 Å². The summed E-state index contributed by atoms with van der Waals surface area (Å²) in [7, 11) is 1.65. The van der Waals surface area contributed by atoms with Crippen molar-refractivity contribution in [1.29, 1.82) is 5.26 Å². The van der Waals surface area contributed by atoms with Crippen LogP contribution < -0.4 is 10.1 Å². The van der Waals surface area contributed by atoms with Crippen molar-refractivity contribution in [2.45, 2.75) is 13.0 Å². The minimum Gasteiger partial charge on any atom is -0.496 e. The van der Waals surface area contributed by atoms with Crippen molar-refractivity contribution in [1.82, 2.24) is 0 Å². The van der Waals surface area contributed by atoms with Crippen molar-refractivity contribution in [3.8, 4) is 11.8 Å². The molecule has 22 heavy (non-hydrogen) atoms. The van der Waals surface area contributed by atoms with Crippen LogP contribution in [0, 0.1) is 11.3 Å². The molecule has 1 atom stereocenters. The van der Waals surface area contributed by atoms with E-state index in [1.165, 1.54) is 0 Å². The molecule has 0 saturated carbocycles. The minimum atomic E-state index is -0.0136. The van der Waals surface area contributed by atoms with E-state index < -0.39 is 0 Å². The molecule has 2 aromatic carbocycles. The second-order valence-corrected chi connectivity index (χ2v) is 5.29. The van der Waals surface area contributed by atoms with Crippen LogP contribution in [0.1, 0.15) is 29.7 Å². The van der Waals surface area contributed by atoms with E-state index in [4.69, 9.17) is 21.6 Å². The standard InChI is InChI=1S/C18H17ClN2O/c1-4-13-6-8-18(22-3)15(9-13)12(2)21-17-7-5-14(11-20)10-16(17)19/h4-10,12,21H,1H2,2-3H3/t12-/m0/s1. The van der Waals surface area contributed by atoms with Gasteiger partial charge < -0.3 is 10.1 Å². The highest BCUT2D eigenvalue weighted by atomic mass is 35.5. The Morgan fingerprint density at radius 1 is 1.32 bits per heavy atom. The first-order valence-electron chi connectivity index (χ1n) is 6.85. The Morgan fingerprint density at radius 3 is 2.68 bits per heavy atom. The Hall–Kier alpha value is -2.44. The zero-order valence-electron chi connectivity index (χ0n) is 12.6. The van der Waals surface area contributed by atoms with Gasteiger partial charge >= 0.3 is 0 Å². The monoisotopic (exact) mass is 312 g/mol. The SMILES string of the molecule is C=Cc1ccc(OC)c([C@H](C)Nc2ccc(C#N)cc2Cl)c1. The molecular weight excluding hydrogens is 296 g/mol. The summed E-state index contributed by atoms with van der Waals surface area (Å²) < 4.78 is 5.42. The van der Waals surface area contributed by atoms with Crippen molar-refractivity contribution in [2.75, 3.05) is 12.4 Å². The van der Waals surface area contributed by atoms with Crippen LogP contribution in [0.5, 0.6) is 5.75 Å². The number of hydrogen-bond acceptors (Lipinski definition) is 3. The molecule has 3 nitrogen and oxygen atoms in total. The zero-order valence-corrected chi connectivity index (χ0v) is 13.3. The smallest absolute Gasteiger partial charge is 0.124 e. The highest BCUT2D eigenvalue weighted by Gasteiger charge is 2.13. The van der Waals surface area contributed by atoms with Gasteiger partial charge in [0.25, 0.3) is 0 Å². The average molecular weight is 313 g/mol. The molecule has 0 aliphatic carbocycles. The molecule has 0 spiro atoms. The molecule has 0 radical (unpaired) electrons. The molecular formula is C18H17ClN2O. The molecule has 0 fully saturated rings. The van der Waals surface area contributed by atoms with Gasteiger partial charge in [0, 0.05) is 5.56 Å². The summed E-state index contributed by atoms with van der Waals surface area (Å²) in [5.41, 5.74) is 3.35. The topological polar surface area (TPSA) is 45.0 Å². The van der Waals surface area contributed by atoms with Crippen LogP contribution >= 0.6 is 11.6 Å². The van der Waals surface area contributed by atoms with Gasteiger partial charge in [0.15, 0.2) is 0 Å². The van der Waals surface area contributed by atoms with Crippen molar-refractivity contribution in [3.63, 3.8) is 0 Å². The van der Waals surface area contributed by atoms with E-state index >= 15 is 0 Å². The van der Waals surface area contributed by atoms with E-state index in [1.807, 2.05) is 25.1 Å². The van der Waals surface area contributed by atoms with Gasteiger partial charge in [-0.3, -0.25) is 0 Å². The number of methoxy groups -OCH3 is 1. The molecule has 112 valence electrons. The van der Waals surface area contributed by atoms with E-state index in [0.29, 0.717) is 10.6 Å². The zero-order chi connectivity index (χ0) is 16.1. The third-order valence-corrected chi connectivity index (χ3v) is 3.74. The van der Waals surface area contributed by atoms with Gasteiger partial charge in [-0.2, -0.15) is 5.26 Å². The predicted molar refractivity (Wildman–Crippen MR) is 91.3 cm³/mol. The van der Waals surface area contributed by atoms with Crippen LogP contribution in [-0.4, -0.2) is 7.11 Å². The van der Waals surface area contributed by atoms with Crippen LogP contribution in [0.25, 0.3) is 6.08 Å². The lowest BCUT2D eigenvalue weighted by Gasteiger charge is -2.20. The summed E-state index contributed by atoms with van der Waals surface area (Å²) in [5, 5.41) is 12.8. The van der Waals surface area contributed by atoms with Gasteiger partial charge in [0.05, 0.1) is 35.5 Å². The lowest BCUT2D eigenvalue weighted by Crippen LogP contribution is -2.09. The van der Waals surface area contributed by atoms with Crippen LogP contribution in [0.4, 0.5) is 5.69 Å².